The maximum absolute atomic E-state index is 10.8. The Morgan fingerprint density at radius 1 is 1.20 bits per heavy atom. The van der Waals surface area contributed by atoms with E-state index in [1.54, 1.807) is 12.3 Å². The summed E-state index contributed by atoms with van der Waals surface area (Å²) in [6, 6.07) is 14.0. The summed E-state index contributed by atoms with van der Waals surface area (Å²) in [6.07, 6.45) is 1.74. The fraction of sp³-hybridized carbons (Fsp3) is 0.389. The molecule has 0 amide bonds. The average molecular weight is 340 g/mol. The number of hydrogen-bond acceptors (Lipinski definition) is 6. The number of anilines is 1. The van der Waals surface area contributed by atoms with E-state index >= 15 is 0 Å². The monoisotopic (exact) mass is 340 g/mol. The summed E-state index contributed by atoms with van der Waals surface area (Å²) >= 11 is 0. The van der Waals surface area contributed by atoms with Crippen molar-refractivity contribution in [2.45, 2.75) is 18.7 Å². The molecule has 0 N–H and O–H groups in total. The van der Waals surface area contributed by atoms with E-state index in [1.165, 1.54) is 11.6 Å². The third-order valence-electron chi connectivity index (χ3n) is 4.93. The molecule has 2 aliphatic heterocycles. The normalized spacial score (nSPS) is 23.4. The Bertz CT molecular complexity index is 738. The van der Waals surface area contributed by atoms with Gasteiger partial charge in [0.15, 0.2) is 6.20 Å². The fourth-order valence-corrected chi connectivity index (χ4v) is 3.66. The highest BCUT2D eigenvalue weighted by molar-refractivity contribution is 5.48. The first-order chi connectivity index (χ1) is 12.2. The smallest absolute Gasteiger partial charge is 0.363 e. The van der Waals surface area contributed by atoms with Crippen LogP contribution in [0.4, 0.5) is 11.5 Å². The molecule has 2 aliphatic rings. The Hall–Kier alpha value is -2.51. The number of rotatable bonds is 4. The lowest BCUT2D eigenvalue weighted by Crippen LogP contribution is -2.50. The molecular weight excluding hydrogens is 320 g/mol. The van der Waals surface area contributed by atoms with E-state index in [1.807, 2.05) is 6.07 Å². The molecule has 2 saturated heterocycles. The van der Waals surface area contributed by atoms with Gasteiger partial charge in [-0.25, -0.2) is 0 Å². The molecule has 4 rings (SSSR count). The third kappa shape index (κ3) is 3.33. The van der Waals surface area contributed by atoms with Crippen LogP contribution in [-0.2, 0) is 11.3 Å². The molecule has 2 atom stereocenters. The van der Waals surface area contributed by atoms with Gasteiger partial charge in [0.25, 0.3) is 0 Å². The van der Waals surface area contributed by atoms with Gasteiger partial charge in [0, 0.05) is 32.2 Å². The number of morpholine rings is 1. The van der Waals surface area contributed by atoms with Gasteiger partial charge < -0.3 is 19.8 Å². The topological polar surface area (TPSA) is 71.7 Å². The van der Waals surface area contributed by atoms with E-state index in [9.17, 15) is 10.1 Å². The average Bonchev–Trinajstić information content (AvgIpc) is 3.08. The highest BCUT2D eigenvalue weighted by Gasteiger charge is 2.40. The molecule has 7 nitrogen and oxygen atoms in total. The van der Waals surface area contributed by atoms with Crippen LogP contribution in [0.5, 0.6) is 0 Å². The predicted octanol–water partition coefficient (Wildman–Crippen LogP) is 2.08. The number of ether oxygens (including phenoxy) is 1. The number of benzene rings is 1. The van der Waals surface area contributed by atoms with Crippen LogP contribution in [0.25, 0.3) is 0 Å². The molecule has 1 aromatic carbocycles. The molecule has 2 aromatic rings. The Balaban J connectivity index is 1.47. The molecule has 0 saturated carbocycles. The van der Waals surface area contributed by atoms with Crippen molar-refractivity contribution in [3.05, 3.63) is 64.3 Å². The summed E-state index contributed by atoms with van der Waals surface area (Å²) in [5.74, 6) is -0.123. The Morgan fingerprint density at radius 2 is 2.04 bits per heavy atom. The molecule has 2 unspecified atom stereocenters. The molecule has 0 bridgehead atoms. The molecule has 1 aromatic heterocycles. The Morgan fingerprint density at radius 3 is 2.76 bits per heavy atom. The second kappa shape index (κ2) is 6.78. The van der Waals surface area contributed by atoms with Gasteiger partial charge in [-0.05, 0) is 21.5 Å². The van der Waals surface area contributed by atoms with E-state index in [0.717, 1.165) is 38.5 Å². The van der Waals surface area contributed by atoms with Gasteiger partial charge in [-0.1, -0.05) is 30.3 Å². The zero-order chi connectivity index (χ0) is 17.2. The zero-order valence-corrected chi connectivity index (χ0v) is 13.8. The van der Waals surface area contributed by atoms with Crippen LogP contribution in [0, 0.1) is 10.1 Å². The van der Waals surface area contributed by atoms with Crippen molar-refractivity contribution < 1.29 is 9.66 Å². The lowest BCUT2D eigenvalue weighted by molar-refractivity contribution is -0.389. The largest absolute Gasteiger partial charge is 0.373 e. The molecule has 0 radical (unpaired) electrons. The number of pyridine rings is 1. The van der Waals surface area contributed by atoms with Crippen LogP contribution in [-0.4, -0.2) is 53.2 Å². The van der Waals surface area contributed by atoms with Crippen LogP contribution >= 0.6 is 0 Å². The standard InChI is InChI=1S/C18H20N4O3/c23-22(24)18-7-6-15(10-19-18)21-12-16-17(13-21)25-9-8-20(16)11-14-4-2-1-3-5-14/h1-7,10,16-17H,8-9,11-13H2. The summed E-state index contributed by atoms with van der Waals surface area (Å²) in [4.78, 5) is 18.9. The van der Waals surface area contributed by atoms with Crippen LogP contribution in [0.15, 0.2) is 48.7 Å². The molecule has 7 heteroatoms. The van der Waals surface area contributed by atoms with E-state index in [-0.39, 0.29) is 11.9 Å². The van der Waals surface area contributed by atoms with Crippen LogP contribution in [0.2, 0.25) is 0 Å². The summed E-state index contributed by atoms with van der Waals surface area (Å²) in [5.41, 5.74) is 2.21. The first-order valence-electron chi connectivity index (χ1n) is 8.46. The maximum Gasteiger partial charge on any atom is 0.363 e. The number of hydrogen-bond donors (Lipinski definition) is 0. The van der Waals surface area contributed by atoms with Crippen molar-refractivity contribution >= 4 is 11.5 Å². The highest BCUT2D eigenvalue weighted by Crippen LogP contribution is 2.28. The van der Waals surface area contributed by atoms with Gasteiger partial charge >= 0.3 is 5.82 Å². The molecule has 3 heterocycles. The molecule has 25 heavy (non-hydrogen) atoms. The van der Waals surface area contributed by atoms with E-state index < -0.39 is 4.92 Å². The van der Waals surface area contributed by atoms with Crippen molar-refractivity contribution in [2.75, 3.05) is 31.1 Å². The minimum Gasteiger partial charge on any atom is -0.373 e. The maximum atomic E-state index is 10.8. The molecule has 0 aliphatic carbocycles. The van der Waals surface area contributed by atoms with Crippen molar-refractivity contribution in [1.29, 1.82) is 0 Å². The molecular formula is C18H20N4O3. The van der Waals surface area contributed by atoms with Crippen molar-refractivity contribution in [3.8, 4) is 0 Å². The van der Waals surface area contributed by atoms with Crippen LogP contribution < -0.4 is 4.90 Å². The zero-order valence-electron chi connectivity index (χ0n) is 13.8. The molecule has 2 fully saturated rings. The lowest BCUT2D eigenvalue weighted by Gasteiger charge is -2.36. The van der Waals surface area contributed by atoms with Gasteiger partial charge in [-0.3, -0.25) is 4.90 Å². The Kier molecular flexibility index (Phi) is 4.33. The number of aromatic nitrogens is 1. The minimum absolute atomic E-state index is 0.123. The quantitative estimate of drug-likeness (QED) is 0.627. The van der Waals surface area contributed by atoms with Gasteiger partial charge in [0.05, 0.1) is 24.4 Å². The highest BCUT2D eigenvalue weighted by atomic mass is 16.6. The second-order valence-corrected chi connectivity index (χ2v) is 6.47. The minimum atomic E-state index is -0.474. The van der Waals surface area contributed by atoms with Crippen molar-refractivity contribution in [3.63, 3.8) is 0 Å². The van der Waals surface area contributed by atoms with Gasteiger partial charge in [0.1, 0.15) is 0 Å². The van der Waals surface area contributed by atoms with Crippen molar-refractivity contribution in [1.82, 2.24) is 9.88 Å². The number of fused-ring (bicyclic) bond motifs is 1. The number of nitrogens with zero attached hydrogens (tertiary/aromatic N) is 4. The van der Waals surface area contributed by atoms with E-state index in [0.29, 0.717) is 6.04 Å². The molecule has 0 spiro atoms. The summed E-state index contributed by atoms with van der Waals surface area (Å²) in [7, 11) is 0. The lowest BCUT2D eigenvalue weighted by atomic mass is 10.1. The summed E-state index contributed by atoms with van der Waals surface area (Å²) < 4.78 is 5.97. The van der Waals surface area contributed by atoms with Crippen molar-refractivity contribution in [2.24, 2.45) is 0 Å². The van der Waals surface area contributed by atoms with Crippen LogP contribution in [0.3, 0.4) is 0 Å². The summed E-state index contributed by atoms with van der Waals surface area (Å²) in [6.45, 7) is 4.20. The second-order valence-electron chi connectivity index (χ2n) is 6.47. The van der Waals surface area contributed by atoms with Gasteiger partial charge in [-0.15, -0.1) is 0 Å². The first-order valence-corrected chi connectivity index (χ1v) is 8.46. The van der Waals surface area contributed by atoms with Gasteiger partial charge in [0.2, 0.25) is 0 Å². The summed E-state index contributed by atoms with van der Waals surface area (Å²) in [5, 5.41) is 10.8. The van der Waals surface area contributed by atoms with Gasteiger partial charge in [-0.2, -0.15) is 0 Å². The predicted molar refractivity (Wildman–Crippen MR) is 93.5 cm³/mol. The van der Waals surface area contributed by atoms with E-state index in [2.05, 4.69) is 39.0 Å². The number of nitro groups is 1. The third-order valence-corrected chi connectivity index (χ3v) is 4.93. The SMILES string of the molecule is O=[N+]([O-])c1ccc(N2CC3OCCN(Cc4ccccc4)C3C2)cn1. The fourth-order valence-electron chi connectivity index (χ4n) is 3.66. The molecule has 130 valence electrons. The first kappa shape index (κ1) is 16.0. The Labute approximate surface area is 146 Å². The van der Waals surface area contributed by atoms with E-state index in [4.69, 9.17) is 4.74 Å². The van der Waals surface area contributed by atoms with Crippen LogP contribution in [0.1, 0.15) is 5.56 Å².